The SMILES string of the molecule is Cc1nc(CN2CCC(CN[C@@H](C)c3cccs3)CC2)cs1. The third-order valence-electron chi connectivity index (χ3n) is 4.44. The van der Waals surface area contributed by atoms with Crippen LogP contribution in [-0.2, 0) is 6.54 Å². The van der Waals surface area contributed by atoms with Crippen LogP contribution < -0.4 is 5.32 Å². The first-order chi connectivity index (χ1) is 10.7. The molecule has 5 heteroatoms. The molecule has 22 heavy (non-hydrogen) atoms. The molecule has 3 nitrogen and oxygen atoms in total. The van der Waals surface area contributed by atoms with E-state index in [0.717, 1.165) is 19.0 Å². The van der Waals surface area contributed by atoms with Gasteiger partial charge in [0, 0.05) is 22.8 Å². The van der Waals surface area contributed by atoms with Crippen molar-refractivity contribution in [2.75, 3.05) is 19.6 Å². The van der Waals surface area contributed by atoms with Gasteiger partial charge in [0.15, 0.2) is 0 Å². The average molecular weight is 336 g/mol. The molecule has 1 fully saturated rings. The van der Waals surface area contributed by atoms with Crippen molar-refractivity contribution in [3.63, 3.8) is 0 Å². The van der Waals surface area contributed by atoms with Gasteiger partial charge in [-0.15, -0.1) is 22.7 Å². The van der Waals surface area contributed by atoms with Gasteiger partial charge in [-0.05, 0) is 63.7 Å². The average Bonchev–Trinajstić information content (AvgIpc) is 3.18. The van der Waals surface area contributed by atoms with Crippen molar-refractivity contribution in [2.24, 2.45) is 5.92 Å². The van der Waals surface area contributed by atoms with Crippen LogP contribution in [-0.4, -0.2) is 29.5 Å². The van der Waals surface area contributed by atoms with Gasteiger partial charge in [-0.25, -0.2) is 4.98 Å². The Kier molecular flexibility index (Phi) is 5.63. The van der Waals surface area contributed by atoms with Crippen molar-refractivity contribution >= 4 is 22.7 Å². The Hall–Kier alpha value is -0.750. The highest BCUT2D eigenvalue weighted by Crippen LogP contribution is 2.22. The molecule has 1 aliphatic rings. The molecular weight excluding hydrogens is 310 g/mol. The van der Waals surface area contributed by atoms with Crippen LogP contribution in [0.3, 0.4) is 0 Å². The summed E-state index contributed by atoms with van der Waals surface area (Å²) in [5.41, 5.74) is 1.24. The number of hydrogen-bond acceptors (Lipinski definition) is 5. The molecule has 2 aromatic heterocycles. The largest absolute Gasteiger partial charge is 0.309 e. The summed E-state index contributed by atoms with van der Waals surface area (Å²) in [4.78, 5) is 8.57. The summed E-state index contributed by atoms with van der Waals surface area (Å²) >= 11 is 3.60. The molecular formula is C17H25N3S2. The van der Waals surface area contributed by atoms with Crippen LogP contribution in [0.5, 0.6) is 0 Å². The number of nitrogens with one attached hydrogen (secondary N) is 1. The smallest absolute Gasteiger partial charge is 0.0897 e. The van der Waals surface area contributed by atoms with E-state index >= 15 is 0 Å². The Morgan fingerprint density at radius 3 is 2.82 bits per heavy atom. The fraction of sp³-hybridized carbons (Fsp3) is 0.588. The lowest BCUT2D eigenvalue weighted by Gasteiger charge is -2.32. The maximum absolute atomic E-state index is 4.58. The third-order valence-corrected chi connectivity index (χ3v) is 6.32. The fourth-order valence-corrected chi connectivity index (χ4v) is 4.40. The number of likely N-dealkylation sites (tertiary alicyclic amines) is 1. The zero-order chi connectivity index (χ0) is 15.4. The Labute approximate surface area is 141 Å². The maximum Gasteiger partial charge on any atom is 0.0897 e. The number of hydrogen-bond donors (Lipinski definition) is 1. The Morgan fingerprint density at radius 1 is 1.36 bits per heavy atom. The molecule has 2 aromatic rings. The summed E-state index contributed by atoms with van der Waals surface area (Å²) in [6, 6.07) is 4.84. The van der Waals surface area contributed by atoms with E-state index in [1.165, 1.54) is 41.5 Å². The van der Waals surface area contributed by atoms with Crippen LogP contribution >= 0.6 is 22.7 Å². The monoisotopic (exact) mass is 335 g/mol. The van der Waals surface area contributed by atoms with Crippen molar-refractivity contribution in [1.29, 1.82) is 0 Å². The van der Waals surface area contributed by atoms with E-state index in [0.29, 0.717) is 6.04 Å². The lowest BCUT2D eigenvalue weighted by Crippen LogP contribution is -2.37. The molecule has 0 saturated carbocycles. The number of thiophene rings is 1. The molecule has 1 atom stereocenters. The molecule has 0 spiro atoms. The number of piperidine rings is 1. The topological polar surface area (TPSA) is 28.2 Å². The first-order valence-electron chi connectivity index (χ1n) is 8.11. The lowest BCUT2D eigenvalue weighted by molar-refractivity contribution is 0.172. The Balaban J connectivity index is 1.38. The van der Waals surface area contributed by atoms with Gasteiger partial charge in [0.25, 0.3) is 0 Å². The molecule has 0 amide bonds. The van der Waals surface area contributed by atoms with E-state index in [4.69, 9.17) is 0 Å². The molecule has 1 N–H and O–H groups in total. The summed E-state index contributed by atoms with van der Waals surface area (Å²) in [6.45, 7) is 8.93. The van der Waals surface area contributed by atoms with E-state index in [2.05, 4.69) is 51.9 Å². The second-order valence-corrected chi connectivity index (χ2v) is 8.26. The zero-order valence-corrected chi connectivity index (χ0v) is 15.1. The molecule has 0 unspecified atom stereocenters. The van der Waals surface area contributed by atoms with Crippen LogP contribution in [0.1, 0.15) is 41.4 Å². The summed E-state index contributed by atoms with van der Waals surface area (Å²) in [6.07, 6.45) is 2.60. The number of rotatable bonds is 6. The van der Waals surface area contributed by atoms with Crippen LogP contribution in [0.15, 0.2) is 22.9 Å². The van der Waals surface area contributed by atoms with E-state index < -0.39 is 0 Å². The minimum atomic E-state index is 0.482. The molecule has 0 aliphatic carbocycles. The second kappa shape index (κ2) is 7.68. The second-order valence-electron chi connectivity index (χ2n) is 6.22. The van der Waals surface area contributed by atoms with Crippen molar-refractivity contribution in [3.05, 3.63) is 38.5 Å². The highest BCUT2D eigenvalue weighted by Gasteiger charge is 2.20. The summed E-state index contributed by atoms with van der Waals surface area (Å²) in [5.74, 6) is 0.816. The van der Waals surface area contributed by atoms with Crippen molar-refractivity contribution in [2.45, 2.75) is 39.3 Å². The minimum Gasteiger partial charge on any atom is -0.309 e. The van der Waals surface area contributed by atoms with Gasteiger partial charge in [0.2, 0.25) is 0 Å². The van der Waals surface area contributed by atoms with Gasteiger partial charge < -0.3 is 5.32 Å². The van der Waals surface area contributed by atoms with Crippen molar-refractivity contribution in [3.8, 4) is 0 Å². The van der Waals surface area contributed by atoms with Gasteiger partial charge in [-0.3, -0.25) is 4.90 Å². The standard InChI is InChI=1S/C17H25N3S2/c1-13(17-4-3-9-21-17)18-10-15-5-7-20(8-6-15)11-16-12-22-14(2)19-16/h3-4,9,12-13,15,18H,5-8,10-11H2,1-2H3/t13-/m0/s1. The third kappa shape index (κ3) is 4.38. The number of nitrogens with zero attached hydrogens (tertiary/aromatic N) is 2. The molecule has 1 aliphatic heterocycles. The van der Waals surface area contributed by atoms with E-state index in [9.17, 15) is 0 Å². The van der Waals surface area contributed by atoms with Crippen LogP contribution in [0.25, 0.3) is 0 Å². The fourth-order valence-electron chi connectivity index (χ4n) is 3.04. The molecule has 3 heterocycles. The molecule has 1 saturated heterocycles. The summed E-state index contributed by atoms with van der Waals surface area (Å²) in [5, 5.41) is 9.24. The van der Waals surface area contributed by atoms with E-state index in [1.807, 2.05) is 11.3 Å². The molecule has 0 bridgehead atoms. The minimum absolute atomic E-state index is 0.482. The van der Waals surface area contributed by atoms with E-state index in [-0.39, 0.29) is 0 Å². The summed E-state index contributed by atoms with van der Waals surface area (Å²) in [7, 11) is 0. The lowest BCUT2D eigenvalue weighted by atomic mass is 9.96. The van der Waals surface area contributed by atoms with Gasteiger partial charge in [0.05, 0.1) is 10.7 Å². The zero-order valence-electron chi connectivity index (χ0n) is 13.4. The first-order valence-corrected chi connectivity index (χ1v) is 9.87. The first kappa shape index (κ1) is 16.1. The predicted octanol–water partition coefficient (Wildman–Crippen LogP) is 4.08. The Bertz CT molecular complexity index is 556. The maximum atomic E-state index is 4.58. The van der Waals surface area contributed by atoms with Gasteiger partial charge in [0.1, 0.15) is 0 Å². The van der Waals surface area contributed by atoms with Crippen LogP contribution in [0.2, 0.25) is 0 Å². The highest BCUT2D eigenvalue weighted by molar-refractivity contribution is 7.10. The summed E-state index contributed by atoms with van der Waals surface area (Å²) < 4.78 is 0. The predicted molar refractivity (Wildman–Crippen MR) is 95.6 cm³/mol. The van der Waals surface area contributed by atoms with Gasteiger partial charge in [-0.2, -0.15) is 0 Å². The van der Waals surface area contributed by atoms with Gasteiger partial charge >= 0.3 is 0 Å². The van der Waals surface area contributed by atoms with Gasteiger partial charge in [-0.1, -0.05) is 6.07 Å². The molecule has 0 radical (unpaired) electrons. The van der Waals surface area contributed by atoms with E-state index in [1.54, 1.807) is 11.3 Å². The highest BCUT2D eigenvalue weighted by atomic mass is 32.1. The number of aryl methyl sites for hydroxylation is 1. The molecule has 3 rings (SSSR count). The number of thiazole rings is 1. The van der Waals surface area contributed by atoms with Crippen molar-refractivity contribution < 1.29 is 0 Å². The molecule has 120 valence electrons. The number of aromatic nitrogens is 1. The quantitative estimate of drug-likeness (QED) is 0.862. The Morgan fingerprint density at radius 2 is 2.18 bits per heavy atom. The van der Waals surface area contributed by atoms with Crippen LogP contribution in [0.4, 0.5) is 0 Å². The normalized spacial score (nSPS) is 18.6. The van der Waals surface area contributed by atoms with Crippen LogP contribution in [0, 0.1) is 12.8 Å². The molecule has 0 aromatic carbocycles. The van der Waals surface area contributed by atoms with Crippen molar-refractivity contribution in [1.82, 2.24) is 15.2 Å².